The Morgan fingerprint density at radius 1 is 1.21 bits per heavy atom. The molecule has 0 N–H and O–H groups in total. The second kappa shape index (κ2) is 10.3. The van der Waals surface area contributed by atoms with Crippen LogP contribution in [-0.2, 0) is 11.4 Å². The molecule has 1 heterocycles. The maximum absolute atomic E-state index is 13.4. The Labute approximate surface area is 201 Å². The van der Waals surface area contributed by atoms with E-state index in [2.05, 4.69) is 50.2 Å². The van der Waals surface area contributed by atoms with E-state index in [1.807, 2.05) is 38.1 Å². The van der Waals surface area contributed by atoms with Gasteiger partial charge in [0.15, 0.2) is 5.17 Å². The summed E-state index contributed by atoms with van der Waals surface area (Å²) in [6, 6.07) is 10.4. The fourth-order valence-corrected chi connectivity index (χ4v) is 6.01. The van der Waals surface area contributed by atoms with E-state index in [0.29, 0.717) is 24.6 Å². The summed E-state index contributed by atoms with van der Waals surface area (Å²) in [7, 11) is 0. The summed E-state index contributed by atoms with van der Waals surface area (Å²) in [6.07, 6.45) is 1.90. The highest BCUT2D eigenvalue weighted by molar-refractivity contribution is 14.1. The van der Waals surface area contributed by atoms with Crippen LogP contribution in [0.25, 0.3) is 6.08 Å². The van der Waals surface area contributed by atoms with E-state index in [9.17, 15) is 9.18 Å². The number of carbonyl (C=O) groups is 1. The first-order valence-electron chi connectivity index (χ1n) is 9.05. The zero-order chi connectivity index (χ0) is 21.0. The number of nitrogens with zero attached hydrogens (tertiary/aromatic N) is 2. The highest BCUT2D eigenvalue weighted by Crippen LogP contribution is 2.35. The van der Waals surface area contributed by atoms with Gasteiger partial charge in [0.1, 0.15) is 18.2 Å². The fourth-order valence-electron chi connectivity index (χ4n) is 2.77. The van der Waals surface area contributed by atoms with Gasteiger partial charge in [0.2, 0.25) is 0 Å². The van der Waals surface area contributed by atoms with Gasteiger partial charge in [0, 0.05) is 13.1 Å². The van der Waals surface area contributed by atoms with Crippen LogP contribution < -0.4 is 4.74 Å². The largest absolute Gasteiger partial charge is 0.487 e. The Morgan fingerprint density at radius 3 is 2.55 bits per heavy atom. The Bertz CT molecular complexity index is 971. The number of ether oxygens (including phenoxy) is 1. The smallest absolute Gasteiger partial charge is 0.266 e. The SMILES string of the molecule is CCN=C1S/C(=C/c2cc(I)c(OCc3cccc(F)c3)c(I)c2)C(=O)N1CC. The molecule has 8 heteroatoms. The van der Waals surface area contributed by atoms with Crippen LogP contribution in [0.4, 0.5) is 4.39 Å². The number of likely N-dealkylation sites (N-methyl/N-ethyl adjacent to an activating group) is 1. The quantitative estimate of drug-likeness (QED) is 0.292. The summed E-state index contributed by atoms with van der Waals surface area (Å²) in [5.74, 6) is 0.468. The molecule has 0 spiro atoms. The molecule has 2 aromatic carbocycles. The highest BCUT2D eigenvalue weighted by atomic mass is 127. The number of carbonyl (C=O) groups excluding carboxylic acids is 1. The number of thioether (sulfide) groups is 1. The molecular formula is C21H19FI2N2O2S. The van der Waals surface area contributed by atoms with Crippen molar-refractivity contribution in [1.82, 2.24) is 4.90 Å². The zero-order valence-electron chi connectivity index (χ0n) is 15.9. The molecule has 1 aliphatic heterocycles. The van der Waals surface area contributed by atoms with E-state index >= 15 is 0 Å². The Kier molecular flexibility index (Phi) is 7.97. The molecule has 0 radical (unpaired) electrons. The minimum absolute atomic E-state index is 0.0128. The molecule has 3 rings (SSSR count). The van der Waals surface area contributed by atoms with Crippen molar-refractivity contribution < 1.29 is 13.9 Å². The van der Waals surface area contributed by atoms with Crippen molar-refractivity contribution in [3.05, 3.63) is 65.4 Å². The summed E-state index contributed by atoms with van der Waals surface area (Å²) in [6.45, 7) is 5.45. The molecule has 1 fully saturated rings. The molecule has 2 aromatic rings. The lowest BCUT2D eigenvalue weighted by atomic mass is 10.2. The third kappa shape index (κ3) is 5.52. The molecule has 0 atom stereocenters. The van der Waals surface area contributed by atoms with Gasteiger partial charge in [0.05, 0.1) is 12.0 Å². The monoisotopic (exact) mass is 636 g/mol. The molecular weight excluding hydrogens is 617 g/mol. The lowest BCUT2D eigenvalue weighted by molar-refractivity contribution is -0.122. The van der Waals surface area contributed by atoms with Gasteiger partial charge in [-0.15, -0.1) is 0 Å². The number of rotatable bonds is 6. The van der Waals surface area contributed by atoms with Gasteiger partial charge in [-0.3, -0.25) is 14.7 Å². The third-order valence-electron chi connectivity index (χ3n) is 4.09. The van der Waals surface area contributed by atoms with Crippen molar-refractivity contribution in [3.8, 4) is 5.75 Å². The van der Waals surface area contributed by atoms with E-state index < -0.39 is 0 Å². The molecule has 4 nitrogen and oxygen atoms in total. The van der Waals surface area contributed by atoms with Gasteiger partial charge >= 0.3 is 0 Å². The van der Waals surface area contributed by atoms with Crippen molar-refractivity contribution in [2.75, 3.05) is 13.1 Å². The van der Waals surface area contributed by atoms with Crippen LogP contribution in [0, 0.1) is 13.0 Å². The van der Waals surface area contributed by atoms with Gasteiger partial charge in [-0.2, -0.15) is 0 Å². The van der Waals surface area contributed by atoms with Crippen molar-refractivity contribution in [3.63, 3.8) is 0 Å². The number of hydrogen-bond donors (Lipinski definition) is 0. The normalized spacial score (nSPS) is 16.9. The predicted molar refractivity (Wildman–Crippen MR) is 134 cm³/mol. The molecule has 1 saturated heterocycles. The lowest BCUT2D eigenvalue weighted by Gasteiger charge is -2.12. The molecule has 1 aliphatic rings. The number of hydrogen-bond acceptors (Lipinski definition) is 4. The van der Waals surface area contributed by atoms with Crippen molar-refractivity contribution in [2.45, 2.75) is 20.5 Å². The average Bonchev–Trinajstić information content (AvgIpc) is 2.96. The van der Waals surface area contributed by atoms with Gasteiger partial charge in [-0.1, -0.05) is 12.1 Å². The van der Waals surface area contributed by atoms with Gasteiger partial charge in [-0.25, -0.2) is 4.39 Å². The zero-order valence-corrected chi connectivity index (χ0v) is 21.0. The first-order chi connectivity index (χ1) is 13.9. The molecule has 152 valence electrons. The van der Waals surface area contributed by atoms with Crippen LogP contribution in [0.15, 0.2) is 46.3 Å². The van der Waals surface area contributed by atoms with Crippen LogP contribution in [0.1, 0.15) is 25.0 Å². The van der Waals surface area contributed by atoms with Crippen LogP contribution in [-0.4, -0.2) is 29.1 Å². The average molecular weight is 636 g/mol. The van der Waals surface area contributed by atoms with Gasteiger partial charge in [-0.05, 0) is 112 Å². The molecule has 1 amide bonds. The standard InChI is InChI=1S/C21H19FI2N2O2S/c1-3-25-21-26(4-2)20(27)18(29-21)11-14-9-16(23)19(17(24)10-14)28-12-13-6-5-7-15(22)8-13/h5-11H,3-4,12H2,1-2H3/b18-11+,25-21?. The predicted octanol–water partition coefficient (Wildman–Crippen LogP) is 5.93. The maximum Gasteiger partial charge on any atom is 0.266 e. The molecule has 0 unspecified atom stereocenters. The summed E-state index contributed by atoms with van der Waals surface area (Å²) < 4.78 is 21.2. The van der Waals surface area contributed by atoms with E-state index in [-0.39, 0.29) is 11.7 Å². The number of aliphatic imine (C=N–C) groups is 1. The van der Waals surface area contributed by atoms with Crippen LogP contribution >= 0.6 is 56.9 Å². The second-order valence-electron chi connectivity index (χ2n) is 6.15. The van der Waals surface area contributed by atoms with Crippen molar-refractivity contribution in [1.29, 1.82) is 0 Å². The third-order valence-corrected chi connectivity index (χ3v) is 6.74. The highest BCUT2D eigenvalue weighted by Gasteiger charge is 2.31. The summed E-state index contributed by atoms with van der Waals surface area (Å²) in [4.78, 5) is 19.4. The van der Waals surface area contributed by atoms with Crippen molar-refractivity contribution in [2.24, 2.45) is 4.99 Å². The number of benzene rings is 2. The van der Waals surface area contributed by atoms with E-state index in [1.165, 1.54) is 23.9 Å². The van der Waals surface area contributed by atoms with Crippen LogP contribution in [0.5, 0.6) is 5.75 Å². The van der Waals surface area contributed by atoms with Crippen LogP contribution in [0.2, 0.25) is 0 Å². The summed E-state index contributed by atoms with van der Waals surface area (Å²) in [5.41, 5.74) is 1.71. The summed E-state index contributed by atoms with van der Waals surface area (Å²) in [5, 5.41) is 0.755. The van der Waals surface area contributed by atoms with Gasteiger partial charge < -0.3 is 4.74 Å². The van der Waals surface area contributed by atoms with E-state index in [0.717, 1.165) is 29.2 Å². The number of amides is 1. The Morgan fingerprint density at radius 2 is 1.93 bits per heavy atom. The van der Waals surface area contributed by atoms with E-state index in [4.69, 9.17) is 4.74 Å². The molecule has 0 aromatic heterocycles. The fraction of sp³-hybridized carbons (Fsp3) is 0.238. The Balaban J connectivity index is 1.81. The van der Waals surface area contributed by atoms with E-state index in [1.54, 1.807) is 11.0 Å². The molecule has 0 bridgehead atoms. The Hall–Kier alpha value is -1.14. The minimum atomic E-state index is -0.275. The number of amidine groups is 1. The lowest BCUT2D eigenvalue weighted by Crippen LogP contribution is -2.28. The number of halogens is 3. The second-order valence-corrected chi connectivity index (χ2v) is 9.48. The molecule has 0 aliphatic carbocycles. The minimum Gasteiger partial charge on any atom is -0.487 e. The first kappa shape index (κ1) is 22.5. The topological polar surface area (TPSA) is 41.9 Å². The van der Waals surface area contributed by atoms with Crippen molar-refractivity contribution >= 4 is 74.1 Å². The molecule has 29 heavy (non-hydrogen) atoms. The first-order valence-corrected chi connectivity index (χ1v) is 12.0. The maximum atomic E-state index is 13.4. The van der Waals surface area contributed by atoms with Crippen LogP contribution in [0.3, 0.4) is 0 Å². The summed E-state index contributed by atoms with van der Waals surface area (Å²) >= 11 is 5.86. The molecule has 0 saturated carbocycles. The van der Waals surface area contributed by atoms with Gasteiger partial charge in [0.25, 0.3) is 5.91 Å².